The Morgan fingerprint density at radius 3 is 2.66 bits per heavy atom. The van der Waals surface area contributed by atoms with Crippen molar-refractivity contribution in [2.24, 2.45) is 0 Å². The Labute approximate surface area is 170 Å². The van der Waals surface area contributed by atoms with E-state index in [9.17, 15) is 4.79 Å². The van der Waals surface area contributed by atoms with Crippen LogP contribution < -0.4 is 9.47 Å². The number of nitrogens with zero attached hydrogens (tertiary/aromatic N) is 2. The van der Waals surface area contributed by atoms with E-state index in [2.05, 4.69) is 4.98 Å². The number of benzene rings is 2. The highest BCUT2D eigenvalue weighted by molar-refractivity contribution is 5.94. The summed E-state index contributed by atoms with van der Waals surface area (Å²) >= 11 is 0. The molecule has 1 aliphatic rings. The molecule has 1 aliphatic heterocycles. The summed E-state index contributed by atoms with van der Waals surface area (Å²) in [5.41, 5.74) is 3.81. The van der Waals surface area contributed by atoms with Crippen LogP contribution in [0.2, 0.25) is 0 Å². The van der Waals surface area contributed by atoms with Gasteiger partial charge in [0.15, 0.2) is 0 Å². The van der Waals surface area contributed by atoms with Gasteiger partial charge >= 0.3 is 0 Å². The third-order valence-corrected chi connectivity index (χ3v) is 5.06. The predicted molar refractivity (Wildman–Crippen MR) is 111 cm³/mol. The lowest BCUT2D eigenvalue weighted by Crippen LogP contribution is -2.30. The molecule has 5 nitrogen and oxygen atoms in total. The van der Waals surface area contributed by atoms with Crippen LogP contribution in [0.1, 0.15) is 34.0 Å². The number of fused-ring (bicyclic) bond motifs is 1. The number of amides is 1. The van der Waals surface area contributed by atoms with E-state index in [0.29, 0.717) is 18.7 Å². The lowest BCUT2D eigenvalue weighted by Gasteiger charge is -2.23. The lowest BCUT2D eigenvalue weighted by atomic mass is 10.1. The van der Waals surface area contributed by atoms with Gasteiger partial charge < -0.3 is 14.4 Å². The fraction of sp³-hybridized carbons (Fsp3) is 0.250. The largest absolute Gasteiger partial charge is 0.497 e. The van der Waals surface area contributed by atoms with Crippen molar-refractivity contribution in [3.8, 4) is 11.5 Å². The van der Waals surface area contributed by atoms with Gasteiger partial charge in [-0.25, -0.2) is 0 Å². The molecule has 1 atom stereocenters. The van der Waals surface area contributed by atoms with E-state index >= 15 is 0 Å². The predicted octanol–water partition coefficient (Wildman–Crippen LogP) is 4.26. The maximum atomic E-state index is 13.4. The van der Waals surface area contributed by atoms with Crippen molar-refractivity contribution in [2.75, 3.05) is 7.11 Å². The van der Waals surface area contributed by atoms with Crippen molar-refractivity contribution >= 4 is 5.91 Å². The van der Waals surface area contributed by atoms with Crippen molar-refractivity contribution < 1.29 is 14.3 Å². The molecular formula is C24H24N2O3. The first-order valence-electron chi connectivity index (χ1n) is 9.73. The average Bonchev–Trinajstić information content (AvgIpc) is 3.13. The molecule has 0 N–H and O–H groups in total. The summed E-state index contributed by atoms with van der Waals surface area (Å²) < 4.78 is 11.0. The van der Waals surface area contributed by atoms with Gasteiger partial charge in [-0.1, -0.05) is 18.2 Å². The number of pyridine rings is 1. The third-order valence-electron chi connectivity index (χ3n) is 5.06. The Morgan fingerprint density at radius 2 is 1.93 bits per heavy atom. The molecule has 3 aromatic rings. The van der Waals surface area contributed by atoms with Crippen molar-refractivity contribution in [3.63, 3.8) is 0 Å². The fourth-order valence-corrected chi connectivity index (χ4v) is 3.60. The van der Waals surface area contributed by atoms with Gasteiger partial charge in [0.25, 0.3) is 5.91 Å². The Balaban J connectivity index is 1.60. The van der Waals surface area contributed by atoms with E-state index in [0.717, 1.165) is 34.6 Å². The monoisotopic (exact) mass is 388 g/mol. The first-order valence-corrected chi connectivity index (χ1v) is 9.73. The van der Waals surface area contributed by atoms with Gasteiger partial charge in [-0.3, -0.25) is 9.78 Å². The molecular weight excluding hydrogens is 364 g/mol. The number of hydrogen-bond acceptors (Lipinski definition) is 4. The zero-order valence-electron chi connectivity index (χ0n) is 16.7. The van der Waals surface area contributed by atoms with E-state index in [1.165, 1.54) is 0 Å². The van der Waals surface area contributed by atoms with Crippen LogP contribution in [0, 0.1) is 0 Å². The van der Waals surface area contributed by atoms with E-state index < -0.39 is 0 Å². The second-order valence-corrected chi connectivity index (χ2v) is 7.33. The molecule has 0 aliphatic carbocycles. The van der Waals surface area contributed by atoms with Crippen LogP contribution in [-0.2, 0) is 19.5 Å². The lowest BCUT2D eigenvalue weighted by molar-refractivity contribution is 0.0730. The number of carbonyl (C=O) groups excluding carboxylic acids is 1. The minimum atomic E-state index is -0.00739. The van der Waals surface area contributed by atoms with Crippen molar-refractivity contribution in [1.82, 2.24) is 9.88 Å². The summed E-state index contributed by atoms with van der Waals surface area (Å²) in [6.07, 6.45) is 4.52. The summed E-state index contributed by atoms with van der Waals surface area (Å²) in [5, 5.41) is 0. The summed E-state index contributed by atoms with van der Waals surface area (Å²) in [5.74, 6) is 1.67. The Kier molecular flexibility index (Phi) is 5.47. The maximum absolute atomic E-state index is 13.4. The fourth-order valence-electron chi connectivity index (χ4n) is 3.60. The van der Waals surface area contributed by atoms with Crippen LogP contribution in [0.4, 0.5) is 0 Å². The highest BCUT2D eigenvalue weighted by atomic mass is 16.5. The van der Waals surface area contributed by atoms with Gasteiger partial charge in [0.05, 0.1) is 7.11 Å². The molecule has 0 saturated carbocycles. The van der Waals surface area contributed by atoms with Gasteiger partial charge in [0.1, 0.15) is 17.6 Å². The van der Waals surface area contributed by atoms with Crippen LogP contribution in [0.25, 0.3) is 0 Å². The van der Waals surface area contributed by atoms with Gasteiger partial charge in [-0.15, -0.1) is 0 Å². The molecule has 0 fully saturated rings. The topological polar surface area (TPSA) is 51.7 Å². The number of carbonyl (C=O) groups is 1. The van der Waals surface area contributed by atoms with Crippen molar-refractivity contribution in [1.29, 1.82) is 0 Å². The van der Waals surface area contributed by atoms with E-state index in [1.807, 2.05) is 66.4 Å². The molecule has 148 valence electrons. The standard InChI is InChI=1S/C24H24N2O3/c1-17-12-21-13-20(7-10-23(21)29-17)24(27)26(16-19-4-3-11-25-14-19)15-18-5-8-22(28-2)9-6-18/h3-11,13-14,17H,12,15-16H2,1-2H3/t17-/m0/s1. The molecule has 1 aromatic heterocycles. The summed E-state index contributed by atoms with van der Waals surface area (Å²) in [7, 11) is 1.64. The summed E-state index contributed by atoms with van der Waals surface area (Å²) in [6, 6.07) is 17.4. The maximum Gasteiger partial charge on any atom is 0.254 e. The zero-order chi connectivity index (χ0) is 20.2. The molecule has 0 radical (unpaired) electrons. The number of methoxy groups -OCH3 is 1. The van der Waals surface area contributed by atoms with E-state index in [1.54, 1.807) is 19.5 Å². The molecule has 1 amide bonds. The molecule has 2 heterocycles. The van der Waals surface area contributed by atoms with Crippen LogP contribution in [0.3, 0.4) is 0 Å². The third kappa shape index (κ3) is 4.40. The Hall–Kier alpha value is -3.34. The molecule has 0 unspecified atom stereocenters. The number of ether oxygens (including phenoxy) is 2. The highest BCUT2D eigenvalue weighted by Gasteiger charge is 2.23. The van der Waals surface area contributed by atoms with Gasteiger partial charge in [-0.2, -0.15) is 0 Å². The average molecular weight is 388 g/mol. The first-order chi connectivity index (χ1) is 14.1. The van der Waals surface area contributed by atoms with Crippen LogP contribution in [0.15, 0.2) is 67.0 Å². The molecule has 0 spiro atoms. The molecule has 0 bridgehead atoms. The minimum absolute atomic E-state index is 0.00739. The van der Waals surface area contributed by atoms with Gasteiger partial charge in [0, 0.05) is 37.5 Å². The van der Waals surface area contributed by atoms with E-state index in [-0.39, 0.29) is 12.0 Å². The second kappa shape index (κ2) is 8.35. The molecule has 4 rings (SSSR count). The van der Waals surface area contributed by atoms with Crippen molar-refractivity contribution in [3.05, 3.63) is 89.2 Å². The highest BCUT2D eigenvalue weighted by Crippen LogP contribution is 2.30. The number of aromatic nitrogens is 1. The zero-order valence-corrected chi connectivity index (χ0v) is 16.7. The number of rotatable bonds is 6. The van der Waals surface area contributed by atoms with Gasteiger partial charge in [-0.05, 0) is 60.0 Å². The van der Waals surface area contributed by atoms with Crippen LogP contribution >= 0.6 is 0 Å². The summed E-state index contributed by atoms with van der Waals surface area (Å²) in [4.78, 5) is 19.4. The second-order valence-electron chi connectivity index (χ2n) is 7.33. The summed E-state index contributed by atoms with van der Waals surface area (Å²) in [6.45, 7) is 3.03. The van der Waals surface area contributed by atoms with E-state index in [4.69, 9.17) is 9.47 Å². The molecule has 29 heavy (non-hydrogen) atoms. The van der Waals surface area contributed by atoms with Crippen LogP contribution in [-0.4, -0.2) is 29.0 Å². The SMILES string of the molecule is COc1ccc(CN(Cc2cccnc2)C(=O)c2ccc3c(c2)C[C@H](C)O3)cc1. The number of hydrogen-bond donors (Lipinski definition) is 0. The molecule has 2 aromatic carbocycles. The van der Waals surface area contributed by atoms with Crippen molar-refractivity contribution in [2.45, 2.75) is 32.5 Å². The van der Waals surface area contributed by atoms with Crippen LogP contribution in [0.5, 0.6) is 11.5 Å². The Morgan fingerprint density at radius 1 is 1.14 bits per heavy atom. The quantitative estimate of drug-likeness (QED) is 0.633. The first kappa shape index (κ1) is 19.0. The smallest absolute Gasteiger partial charge is 0.254 e. The molecule has 0 saturated heterocycles. The Bertz CT molecular complexity index is 987. The minimum Gasteiger partial charge on any atom is -0.497 e. The molecule has 5 heteroatoms. The van der Waals surface area contributed by atoms with Gasteiger partial charge in [0.2, 0.25) is 0 Å². The normalized spacial score (nSPS) is 14.8.